The summed E-state index contributed by atoms with van der Waals surface area (Å²) in [4.78, 5) is 2.05. The van der Waals surface area contributed by atoms with E-state index in [0.29, 0.717) is 5.75 Å². The van der Waals surface area contributed by atoms with E-state index in [1.54, 1.807) is 11.8 Å². The number of aryl methyl sites for hydroxylation is 1. The maximum atomic E-state index is 12.0. The van der Waals surface area contributed by atoms with Crippen LogP contribution in [0.25, 0.3) is 0 Å². The Hall–Kier alpha value is -0.720. The van der Waals surface area contributed by atoms with Crippen LogP contribution in [-0.4, -0.2) is 45.1 Å². The number of sulfone groups is 1. The Kier molecular flexibility index (Phi) is 4.99. The maximum Gasteiger partial charge on any atom is 0.169 e. The molecule has 0 aromatic heterocycles. The zero-order valence-corrected chi connectivity index (χ0v) is 13.9. The Morgan fingerprint density at radius 2 is 2.20 bits per heavy atom. The lowest BCUT2D eigenvalue weighted by atomic mass is 10.1. The summed E-state index contributed by atoms with van der Waals surface area (Å²) >= 11 is 1.71. The molecule has 1 aromatic carbocycles. The van der Waals surface area contributed by atoms with Crippen molar-refractivity contribution in [1.82, 2.24) is 5.32 Å². The molecule has 112 valence electrons. The van der Waals surface area contributed by atoms with Gasteiger partial charge in [-0.1, -0.05) is 12.1 Å². The van der Waals surface area contributed by atoms with Crippen molar-refractivity contribution in [2.45, 2.75) is 18.8 Å². The molecule has 1 aliphatic rings. The molecular formula is C14H22N2O2S2. The number of anilines is 1. The lowest BCUT2D eigenvalue weighted by molar-refractivity contribution is 0.584. The fourth-order valence-corrected chi connectivity index (χ4v) is 5.40. The van der Waals surface area contributed by atoms with E-state index in [9.17, 15) is 8.42 Å². The van der Waals surface area contributed by atoms with E-state index in [1.165, 1.54) is 11.8 Å². The summed E-state index contributed by atoms with van der Waals surface area (Å²) in [5.41, 5.74) is 3.40. The Balaban J connectivity index is 2.33. The van der Waals surface area contributed by atoms with Crippen LogP contribution in [0.3, 0.4) is 0 Å². The molecule has 0 bridgehead atoms. The van der Waals surface area contributed by atoms with Gasteiger partial charge in [-0.15, -0.1) is 0 Å². The molecule has 6 heteroatoms. The summed E-state index contributed by atoms with van der Waals surface area (Å²) < 4.78 is 24.0. The second-order valence-corrected chi connectivity index (χ2v) is 8.56. The van der Waals surface area contributed by atoms with Crippen molar-refractivity contribution in [3.8, 4) is 0 Å². The van der Waals surface area contributed by atoms with Crippen LogP contribution >= 0.6 is 11.8 Å². The number of hydrogen-bond donors (Lipinski definition) is 1. The van der Waals surface area contributed by atoms with Crippen LogP contribution in [0.1, 0.15) is 11.1 Å². The van der Waals surface area contributed by atoms with Crippen molar-refractivity contribution in [2.75, 3.05) is 36.3 Å². The first kappa shape index (κ1) is 15.7. The lowest BCUT2D eigenvalue weighted by Gasteiger charge is -2.36. The molecule has 2 rings (SSSR count). The van der Waals surface area contributed by atoms with Crippen LogP contribution in [0.15, 0.2) is 18.2 Å². The molecule has 0 saturated carbocycles. The SMILES string of the molecule is CNCc1ccc(N2CCSCC2S(C)(=O)=O)c(C)c1. The normalized spacial score (nSPS) is 20.1. The molecule has 1 unspecified atom stereocenters. The van der Waals surface area contributed by atoms with E-state index >= 15 is 0 Å². The minimum absolute atomic E-state index is 0.407. The predicted molar refractivity (Wildman–Crippen MR) is 87.2 cm³/mol. The number of rotatable bonds is 4. The summed E-state index contributed by atoms with van der Waals surface area (Å²) in [6.45, 7) is 3.66. The topological polar surface area (TPSA) is 49.4 Å². The van der Waals surface area contributed by atoms with Crippen LogP contribution in [0.5, 0.6) is 0 Å². The summed E-state index contributed by atoms with van der Waals surface area (Å²) in [5, 5.41) is 2.72. The van der Waals surface area contributed by atoms with Crippen molar-refractivity contribution in [2.24, 2.45) is 0 Å². The Morgan fingerprint density at radius 1 is 1.45 bits per heavy atom. The number of nitrogens with one attached hydrogen (secondary N) is 1. The van der Waals surface area contributed by atoms with E-state index in [4.69, 9.17) is 0 Å². The molecule has 1 fully saturated rings. The van der Waals surface area contributed by atoms with E-state index in [2.05, 4.69) is 30.4 Å². The molecule has 1 atom stereocenters. The molecule has 4 nitrogen and oxygen atoms in total. The molecule has 0 amide bonds. The van der Waals surface area contributed by atoms with Crippen LogP contribution < -0.4 is 10.2 Å². The number of hydrogen-bond acceptors (Lipinski definition) is 5. The summed E-state index contributed by atoms with van der Waals surface area (Å²) in [6.07, 6.45) is 1.33. The van der Waals surface area contributed by atoms with Gasteiger partial charge in [0.2, 0.25) is 0 Å². The highest BCUT2D eigenvalue weighted by molar-refractivity contribution is 8.01. The van der Waals surface area contributed by atoms with Gasteiger partial charge in [0.05, 0.1) is 0 Å². The average molecular weight is 314 g/mol. The van der Waals surface area contributed by atoms with Crippen molar-refractivity contribution in [1.29, 1.82) is 0 Å². The first-order chi connectivity index (χ1) is 9.43. The van der Waals surface area contributed by atoms with E-state index < -0.39 is 15.2 Å². The third kappa shape index (κ3) is 3.48. The monoisotopic (exact) mass is 314 g/mol. The molecular weight excluding hydrogens is 292 g/mol. The van der Waals surface area contributed by atoms with Gasteiger partial charge in [0.15, 0.2) is 9.84 Å². The quantitative estimate of drug-likeness (QED) is 0.915. The summed E-state index contributed by atoms with van der Waals surface area (Å²) in [6, 6.07) is 6.25. The molecule has 1 heterocycles. The molecule has 1 saturated heterocycles. The zero-order chi connectivity index (χ0) is 14.8. The van der Waals surface area contributed by atoms with Crippen molar-refractivity contribution < 1.29 is 8.42 Å². The molecule has 1 aliphatic heterocycles. The van der Waals surface area contributed by atoms with E-state index in [0.717, 1.165) is 30.1 Å². The number of thioether (sulfide) groups is 1. The van der Waals surface area contributed by atoms with Gasteiger partial charge in [0, 0.05) is 36.5 Å². The van der Waals surface area contributed by atoms with Crippen LogP contribution in [0.4, 0.5) is 5.69 Å². The van der Waals surface area contributed by atoms with Gasteiger partial charge in [0.25, 0.3) is 0 Å². The summed E-state index contributed by atoms with van der Waals surface area (Å²) in [5.74, 6) is 1.63. The molecule has 0 aliphatic carbocycles. The Morgan fingerprint density at radius 3 is 2.80 bits per heavy atom. The largest absolute Gasteiger partial charge is 0.353 e. The fraction of sp³-hybridized carbons (Fsp3) is 0.571. The first-order valence-electron chi connectivity index (χ1n) is 6.71. The van der Waals surface area contributed by atoms with Gasteiger partial charge in [-0.3, -0.25) is 0 Å². The van der Waals surface area contributed by atoms with Gasteiger partial charge in [-0.2, -0.15) is 11.8 Å². The second-order valence-electron chi connectivity index (χ2n) is 5.20. The van der Waals surface area contributed by atoms with Crippen molar-refractivity contribution >= 4 is 27.3 Å². The Bertz CT molecular complexity index is 573. The maximum absolute atomic E-state index is 12.0. The minimum atomic E-state index is -3.07. The third-order valence-electron chi connectivity index (χ3n) is 3.53. The smallest absolute Gasteiger partial charge is 0.169 e. The summed E-state index contributed by atoms with van der Waals surface area (Å²) in [7, 11) is -1.15. The van der Waals surface area contributed by atoms with E-state index in [-0.39, 0.29) is 0 Å². The number of benzene rings is 1. The molecule has 1 aromatic rings. The Labute approximate surface area is 125 Å². The van der Waals surface area contributed by atoms with Crippen LogP contribution in [0, 0.1) is 6.92 Å². The number of nitrogens with zero attached hydrogens (tertiary/aromatic N) is 1. The lowest BCUT2D eigenvalue weighted by Crippen LogP contribution is -2.47. The minimum Gasteiger partial charge on any atom is -0.353 e. The van der Waals surface area contributed by atoms with E-state index in [1.807, 2.05) is 11.9 Å². The highest BCUT2D eigenvalue weighted by Gasteiger charge is 2.31. The third-order valence-corrected chi connectivity index (χ3v) is 6.17. The van der Waals surface area contributed by atoms with Crippen LogP contribution in [0.2, 0.25) is 0 Å². The first-order valence-corrected chi connectivity index (χ1v) is 9.82. The van der Waals surface area contributed by atoms with Gasteiger partial charge in [-0.25, -0.2) is 8.42 Å². The predicted octanol–water partition coefficient (Wildman–Crippen LogP) is 1.64. The molecule has 0 radical (unpaired) electrons. The van der Waals surface area contributed by atoms with Crippen molar-refractivity contribution in [3.63, 3.8) is 0 Å². The fourth-order valence-electron chi connectivity index (χ4n) is 2.57. The zero-order valence-electron chi connectivity index (χ0n) is 12.2. The highest BCUT2D eigenvalue weighted by Crippen LogP contribution is 2.29. The van der Waals surface area contributed by atoms with Crippen LogP contribution in [-0.2, 0) is 16.4 Å². The average Bonchev–Trinajstić information content (AvgIpc) is 2.38. The van der Waals surface area contributed by atoms with Gasteiger partial charge < -0.3 is 10.2 Å². The van der Waals surface area contributed by atoms with Crippen molar-refractivity contribution in [3.05, 3.63) is 29.3 Å². The highest BCUT2D eigenvalue weighted by atomic mass is 32.2. The van der Waals surface area contributed by atoms with Gasteiger partial charge in [0.1, 0.15) is 5.37 Å². The van der Waals surface area contributed by atoms with Gasteiger partial charge in [-0.05, 0) is 31.2 Å². The molecule has 20 heavy (non-hydrogen) atoms. The second kappa shape index (κ2) is 6.37. The molecule has 0 spiro atoms. The van der Waals surface area contributed by atoms with Gasteiger partial charge >= 0.3 is 0 Å². The standard InChI is InChI=1S/C14H22N2O2S2/c1-11-8-12(9-15-2)4-5-13(11)16-6-7-19-10-14(16)20(3,17)18/h4-5,8,14-15H,6-7,9-10H2,1-3H3. The molecule has 1 N–H and O–H groups in total.